The number of halogens is 3. The molecule has 2 N–H and O–H groups in total. The molecule has 1 unspecified atom stereocenters. The van der Waals surface area contributed by atoms with Gasteiger partial charge in [-0.05, 0) is 52.7 Å². The van der Waals surface area contributed by atoms with Gasteiger partial charge in [-0.25, -0.2) is 22.3 Å². The van der Waals surface area contributed by atoms with E-state index < -0.39 is 26.9 Å². The first kappa shape index (κ1) is 16.9. The Balaban J connectivity index is 2.31. The molecule has 2 aromatic rings. The first-order valence-electron chi connectivity index (χ1n) is 6.12. The maximum absolute atomic E-state index is 13.6. The van der Waals surface area contributed by atoms with E-state index in [4.69, 9.17) is 9.88 Å². The molecular formula is C14H12BrF2NO3S. The molecular weight excluding hydrogens is 380 g/mol. The van der Waals surface area contributed by atoms with Crippen LogP contribution in [0.4, 0.5) is 8.78 Å². The highest BCUT2D eigenvalue weighted by atomic mass is 79.9. The molecule has 0 heterocycles. The normalized spacial score (nSPS) is 13.0. The Labute approximate surface area is 135 Å². The number of ether oxygens (including phenoxy) is 1. The number of rotatable bonds is 4. The summed E-state index contributed by atoms with van der Waals surface area (Å²) in [6, 6.07) is 7.45. The highest BCUT2D eigenvalue weighted by molar-refractivity contribution is 9.10. The highest BCUT2D eigenvalue weighted by Gasteiger charge is 2.19. The van der Waals surface area contributed by atoms with Crippen LogP contribution in [0.1, 0.15) is 17.7 Å². The molecule has 22 heavy (non-hydrogen) atoms. The highest BCUT2D eigenvalue weighted by Crippen LogP contribution is 2.34. The van der Waals surface area contributed by atoms with Crippen LogP contribution >= 0.6 is 15.9 Å². The van der Waals surface area contributed by atoms with Gasteiger partial charge in [0, 0.05) is 6.07 Å². The summed E-state index contributed by atoms with van der Waals surface area (Å²) in [6.07, 6.45) is 0. The SMILES string of the molecule is CC(c1ccc(Oc2ccc(F)cc2F)c(Br)c1)S(N)(=O)=O. The quantitative estimate of drug-likeness (QED) is 0.859. The van der Waals surface area contributed by atoms with Gasteiger partial charge in [-0.2, -0.15) is 0 Å². The smallest absolute Gasteiger partial charge is 0.215 e. The van der Waals surface area contributed by atoms with Crippen LogP contribution in [0.5, 0.6) is 11.5 Å². The molecule has 0 aromatic heterocycles. The fourth-order valence-corrected chi connectivity index (χ4v) is 2.72. The zero-order valence-electron chi connectivity index (χ0n) is 11.4. The number of hydrogen-bond acceptors (Lipinski definition) is 3. The Kier molecular flexibility index (Phi) is 4.84. The van der Waals surface area contributed by atoms with E-state index in [1.807, 2.05) is 0 Å². The van der Waals surface area contributed by atoms with Crippen molar-refractivity contribution in [3.8, 4) is 11.5 Å². The monoisotopic (exact) mass is 391 g/mol. The zero-order valence-corrected chi connectivity index (χ0v) is 13.8. The van der Waals surface area contributed by atoms with Crippen LogP contribution in [0.15, 0.2) is 40.9 Å². The standard InChI is InChI=1S/C14H12BrF2NO3S/c1-8(22(18,19)20)9-2-4-13(11(15)6-9)21-14-5-3-10(16)7-12(14)17/h2-8H,1H3,(H2,18,19,20). The van der Waals surface area contributed by atoms with Gasteiger partial charge in [0.05, 0.1) is 9.72 Å². The average Bonchev–Trinajstić information content (AvgIpc) is 2.42. The van der Waals surface area contributed by atoms with E-state index in [0.29, 0.717) is 16.1 Å². The molecule has 0 saturated carbocycles. The zero-order chi connectivity index (χ0) is 16.5. The van der Waals surface area contributed by atoms with Crippen molar-refractivity contribution in [2.75, 3.05) is 0 Å². The van der Waals surface area contributed by atoms with Crippen molar-refractivity contribution in [1.29, 1.82) is 0 Å². The molecule has 0 radical (unpaired) electrons. The topological polar surface area (TPSA) is 69.4 Å². The van der Waals surface area contributed by atoms with Gasteiger partial charge in [0.1, 0.15) is 11.6 Å². The number of benzene rings is 2. The third-order valence-electron chi connectivity index (χ3n) is 3.03. The van der Waals surface area contributed by atoms with Crippen LogP contribution in [0.2, 0.25) is 0 Å². The van der Waals surface area contributed by atoms with Crippen molar-refractivity contribution in [2.24, 2.45) is 5.14 Å². The molecule has 0 aliphatic heterocycles. The van der Waals surface area contributed by atoms with Crippen LogP contribution in [0, 0.1) is 11.6 Å². The Morgan fingerprint density at radius 2 is 1.77 bits per heavy atom. The third-order valence-corrected chi connectivity index (χ3v) is 4.91. The number of primary sulfonamides is 1. The fraction of sp³-hybridized carbons (Fsp3) is 0.143. The molecule has 118 valence electrons. The summed E-state index contributed by atoms with van der Waals surface area (Å²) in [5, 5.41) is 4.21. The molecule has 2 rings (SSSR count). The van der Waals surface area contributed by atoms with Crippen LogP contribution in [-0.2, 0) is 10.0 Å². The van der Waals surface area contributed by atoms with Crippen molar-refractivity contribution in [3.63, 3.8) is 0 Å². The van der Waals surface area contributed by atoms with Gasteiger partial charge < -0.3 is 4.74 Å². The first-order chi connectivity index (χ1) is 10.2. The molecule has 0 amide bonds. The van der Waals surface area contributed by atoms with Gasteiger partial charge in [0.2, 0.25) is 10.0 Å². The molecule has 0 fully saturated rings. The van der Waals surface area contributed by atoms with Gasteiger partial charge >= 0.3 is 0 Å². The Morgan fingerprint density at radius 3 is 2.32 bits per heavy atom. The fourth-order valence-electron chi connectivity index (χ4n) is 1.72. The lowest BCUT2D eigenvalue weighted by atomic mass is 10.1. The lowest BCUT2D eigenvalue weighted by molar-refractivity contribution is 0.435. The number of hydrogen-bond donors (Lipinski definition) is 1. The molecule has 2 aromatic carbocycles. The minimum Gasteiger partial charge on any atom is -0.453 e. The van der Waals surface area contributed by atoms with Gasteiger partial charge in [-0.1, -0.05) is 6.07 Å². The molecule has 4 nitrogen and oxygen atoms in total. The van der Waals surface area contributed by atoms with Gasteiger partial charge in [0.15, 0.2) is 11.6 Å². The summed E-state index contributed by atoms with van der Waals surface area (Å²) in [4.78, 5) is 0. The summed E-state index contributed by atoms with van der Waals surface area (Å²) in [7, 11) is -3.72. The van der Waals surface area contributed by atoms with E-state index in [2.05, 4.69) is 15.9 Å². The summed E-state index contributed by atoms with van der Waals surface area (Å²) < 4.78 is 54.9. The Bertz CT molecular complexity index is 812. The molecule has 0 bridgehead atoms. The first-order valence-corrected chi connectivity index (χ1v) is 8.52. The molecule has 0 aliphatic carbocycles. The van der Waals surface area contributed by atoms with Crippen molar-refractivity contribution in [3.05, 3.63) is 58.1 Å². The van der Waals surface area contributed by atoms with E-state index >= 15 is 0 Å². The second kappa shape index (κ2) is 6.31. The van der Waals surface area contributed by atoms with Crippen molar-refractivity contribution in [2.45, 2.75) is 12.2 Å². The maximum atomic E-state index is 13.6. The summed E-state index contributed by atoms with van der Waals surface area (Å²) in [5.41, 5.74) is 0.460. The molecule has 8 heteroatoms. The van der Waals surface area contributed by atoms with E-state index in [1.54, 1.807) is 0 Å². The molecule has 1 atom stereocenters. The lowest BCUT2D eigenvalue weighted by Crippen LogP contribution is -2.19. The molecule has 0 aliphatic rings. The largest absolute Gasteiger partial charge is 0.453 e. The minimum atomic E-state index is -3.72. The van der Waals surface area contributed by atoms with Crippen LogP contribution in [0.25, 0.3) is 0 Å². The lowest BCUT2D eigenvalue weighted by Gasteiger charge is -2.13. The number of sulfonamides is 1. The van der Waals surface area contributed by atoms with Crippen LogP contribution < -0.4 is 9.88 Å². The van der Waals surface area contributed by atoms with E-state index in [-0.39, 0.29) is 11.5 Å². The van der Waals surface area contributed by atoms with Crippen molar-refractivity contribution < 1.29 is 21.9 Å². The minimum absolute atomic E-state index is 0.144. The van der Waals surface area contributed by atoms with Gasteiger partial charge in [-0.15, -0.1) is 0 Å². The Hall–Kier alpha value is -1.51. The summed E-state index contributed by atoms with van der Waals surface area (Å²) >= 11 is 3.22. The summed E-state index contributed by atoms with van der Waals surface area (Å²) in [6.45, 7) is 1.46. The van der Waals surface area contributed by atoms with E-state index in [0.717, 1.165) is 12.1 Å². The van der Waals surface area contributed by atoms with Crippen LogP contribution in [0.3, 0.4) is 0 Å². The van der Waals surface area contributed by atoms with Crippen LogP contribution in [-0.4, -0.2) is 8.42 Å². The second-order valence-corrected chi connectivity index (χ2v) is 7.34. The van der Waals surface area contributed by atoms with E-state index in [1.165, 1.54) is 25.1 Å². The predicted molar refractivity (Wildman–Crippen MR) is 82.1 cm³/mol. The van der Waals surface area contributed by atoms with Gasteiger partial charge in [-0.3, -0.25) is 0 Å². The average molecular weight is 392 g/mol. The second-order valence-electron chi connectivity index (χ2n) is 4.60. The molecule has 0 saturated heterocycles. The van der Waals surface area contributed by atoms with Crippen molar-refractivity contribution in [1.82, 2.24) is 0 Å². The predicted octanol–water partition coefficient (Wildman–Crippen LogP) is 3.87. The third kappa shape index (κ3) is 3.82. The summed E-state index contributed by atoms with van der Waals surface area (Å²) in [5.74, 6) is -1.43. The maximum Gasteiger partial charge on any atom is 0.215 e. The molecule has 0 spiro atoms. The number of nitrogens with two attached hydrogens (primary N) is 1. The van der Waals surface area contributed by atoms with Crippen molar-refractivity contribution >= 4 is 26.0 Å². The van der Waals surface area contributed by atoms with Gasteiger partial charge in [0.25, 0.3) is 0 Å². The van der Waals surface area contributed by atoms with E-state index in [9.17, 15) is 17.2 Å². The Morgan fingerprint density at radius 1 is 1.14 bits per heavy atom.